The Hall–Kier alpha value is -1.19. The van der Waals surface area contributed by atoms with Crippen LogP contribution in [0.2, 0.25) is 12.1 Å². The Morgan fingerprint density at radius 3 is 1.05 bits per heavy atom. The molecule has 0 spiro atoms. The largest absolute Gasteiger partial charge is 0.460 e. The minimum Gasteiger partial charge on any atom is -0.339 e. The van der Waals surface area contributed by atoms with Crippen LogP contribution >= 0.6 is 0 Å². The second-order valence-electron chi connectivity index (χ2n) is 8.06. The molecule has 4 N–H and O–H groups in total. The SMILES string of the molecule is CCCC[Si](N)(N)CCC(F)(F)C(F)(F)C(F)(F)C(F)(F)C(F)(F)C(F)(F)C(F)(F)C(F)(F)C(F)(F)F. The fourth-order valence-corrected chi connectivity index (χ4v) is 4.61. The van der Waals surface area contributed by atoms with Crippen molar-refractivity contribution >= 4 is 8.40 Å². The minimum atomic E-state index is -8.91. The summed E-state index contributed by atoms with van der Waals surface area (Å²) in [7, 11) is -3.95. The predicted octanol–water partition coefficient (Wildman–Crippen LogP) is 7.18. The Balaban J connectivity index is 6.62. The Labute approximate surface area is 195 Å². The molecule has 0 rings (SSSR count). The Bertz CT molecular complexity index is 789. The molecule has 0 aliphatic carbocycles. The van der Waals surface area contributed by atoms with E-state index >= 15 is 0 Å². The van der Waals surface area contributed by atoms with E-state index in [0.29, 0.717) is 0 Å². The maximum Gasteiger partial charge on any atom is 0.460 e. The van der Waals surface area contributed by atoms with Crippen molar-refractivity contribution in [1.29, 1.82) is 0 Å². The average molecular weight is 614 g/mol. The molecule has 224 valence electrons. The van der Waals surface area contributed by atoms with Crippen LogP contribution in [-0.2, 0) is 0 Å². The first-order valence-corrected chi connectivity index (χ1v) is 12.0. The number of nitrogens with two attached hydrogens (primary N) is 2. The van der Waals surface area contributed by atoms with Crippen molar-refractivity contribution in [2.45, 2.75) is 91.8 Å². The molecule has 0 aromatic heterocycles. The molecular weight excluding hydrogens is 597 g/mol. The fourth-order valence-electron chi connectivity index (χ4n) is 2.57. The molecule has 0 bridgehead atoms. The smallest absolute Gasteiger partial charge is 0.339 e. The zero-order chi connectivity index (χ0) is 30.5. The molecule has 0 heterocycles. The summed E-state index contributed by atoms with van der Waals surface area (Å²) in [5.74, 6) is -66.4. The molecule has 0 atom stereocenters. The van der Waals surface area contributed by atoms with Gasteiger partial charge < -0.3 is 10.8 Å². The lowest BCUT2D eigenvalue weighted by Gasteiger charge is -2.44. The molecule has 0 saturated carbocycles. The lowest BCUT2D eigenvalue weighted by molar-refractivity contribution is -0.468. The molecule has 0 amide bonds. The number of hydrogen-bond donors (Lipinski definition) is 2. The standard InChI is InChI=1S/C15H17F19N2Si/c1-2-3-5-37(35,36)6-4-7(16,17)8(18,19)9(20,21)10(22,23)11(24,25)12(26,27)13(28,29)14(30,31)15(32,33)34/h2-6,35-36H2,1H3. The molecule has 0 saturated heterocycles. The summed E-state index contributed by atoms with van der Waals surface area (Å²) < 4.78 is 252. The van der Waals surface area contributed by atoms with Crippen molar-refractivity contribution < 1.29 is 83.4 Å². The van der Waals surface area contributed by atoms with Gasteiger partial charge in [0.15, 0.2) is 8.40 Å². The van der Waals surface area contributed by atoms with Crippen LogP contribution in [0.3, 0.4) is 0 Å². The maximum atomic E-state index is 13.8. The second-order valence-corrected chi connectivity index (χ2v) is 11.5. The van der Waals surface area contributed by atoms with Crippen LogP contribution in [0.1, 0.15) is 26.2 Å². The molecule has 2 nitrogen and oxygen atoms in total. The molecule has 0 aromatic carbocycles. The van der Waals surface area contributed by atoms with Crippen LogP contribution in [0, 0.1) is 0 Å². The molecule has 0 aliphatic rings. The zero-order valence-electron chi connectivity index (χ0n) is 17.9. The summed E-state index contributed by atoms with van der Waals surface area (Å²) in [4.78, 5) is 0. The number of unbranched alkanes of at least 4 members (excludes halogenated alkanes) is 1. The van der Waals surface area contributed by atoms with Gasteiger partial charge in [-0.2, -0.15) is 83.4 Å². The number of alkyl halides is 19. The first-order valence-electron chi connectivity index (χ1n) is 9.44. The second kappa shape index (κ2) is 9.77. The van der Waals surface area contributed by atoms with Gasteiger partial charge in [-0.1, -0.05) is 19.8 Å². The predicted molar refractivity (Wildman–Crippen MR) is 88.9 cm³/mol. The molecule has 22 heteroatoms. The van der Waals surface area contributed by atoms with E-state index in [-0.39, 0.29) is 18.9 Å². The van der Waals surface area contributed by atoms with Crippen LogP contribution < -0.4 is 10.8 Å². The first kappa shape index (κ1) is 35.8. The first-order chi connectivity index (χ1) is 15.8. The molecule has 0 aromatic rings. The van der Waals surface area contributed by atoms with Crippen molar-refractivity contribution in [3.05, 3.63) is 0 Å². The highest BCUT2D eigenvalue weighted by atomic mass is 28.3. The Morgan fingerprint density at radius 2 is 0.757 bits per heavy atom. The van der Waals surface area contributed by atoms with Gasteiger partial charge in [0.25, 0.3) is 0 Å². The maximum absolute atomic E-state index is 13.8. The molecule has 0 unspecified atom stereocenters. The van der Waals surface area contributed by atoms with Gasteiger partial charge >= 0.3 is 53.6 Å². The third-order valence-corrected chi connectivity index (χ3v) is 7.55. The van der Waals surface area contributed by atoms with E-state index in [1.807, 2.05) is 0 Å². The topological polar surface area (TPSA) is 52.0 Å². The molecule has 0 radical (unpaired) electrons. The quantitative estimate of drug-likeness (QED) is 0.171. The van der Waals surface area contributed by atoms with E-state index in [1.54, 1.807) is 0 Å². The van der Waals surface area contributed by atoms with Crippen LogP contribution in [0.5, 0.6) is 0 Å². The lowest BCUT2D eigenvalue weighted by Crippen LogP contribution is -2.75. The van der Waals surface area contributed by atoms with Gasteiger partial charge in [-0.3, -0.25) is 0 Å². The minimum absolute atomic E-state index is 0.0630. The van der Waals surface area contributed by atoms with Crippen LogP contribution in [0.15, 0.2) is 0 Å². The van der Waals surface area contributed by atoms with Gasteiger partial charge in [-0.15, -0.1) is 0 Å². The highest BCUT2D eigenvalue weighted by Crippen LogP contribution is 2.65. The van der Waals surface area contributed by atoms with Gasteiger partial charge in [0.05, 0.1) is 0 Å². The van der Waals surface area contributed by atoms with Crippen molar-refractivity contribution in [2.75, 3.05) is 0 Å². The summed E-state index contributed by atoms with van der Waals surface area (Å²) in [5.41, 5.74) is 0. The summed E-state index contributed by atoms with van der Waals surface area (Å²) >= 11 is 0. The van der Waals surface area contributed by atoms with Gasteiger partial charge in [0.2, 0.25) is 0 Å². The van der Waals surface area contributed by atoms with E-state index < -0.39 is 74.4 Å². The van der Waals surface area contributed by atoms with Gasteiger partial charge in [-0.05, 0) is 12.1 Å². The van der Waals surface area contributed by atoms with Gasteiger partial charge in [0, 0.05) is 6.42 Å². The van der Waals surface area contributed by atoms with Crippen molar-refractivity contribution in [3.63, 3.8) is 0 Å². The molecule has 0 fully saturated rings. The zero-order valence-corrected chi connectivity index (χ0v) is 18.9. The molecule has 37 heavy (non-hydrogen) atoms. The average Bonchev–Trinajstić information content (AvgIpc) is 2.69. The van der Waals surface area contributed by atoms with Crippen LogP contribution in [-0.4, -0.2) is 62.0 Å². The Kier molecular flexibility index (Phi) is 9.46. The normalized spacial score (nSPS) is 16.4. The highest BCUT2D eigenvalue weighted by Gasteiger charge is 2.96. The van der Waals surface area contributed by atoms with Crippen molar-refractivity contribution in [2.24, 2.45) is 10.8 Å². The summed E-state index contributed by atoms with van der Waals surface area (Å²) in [5, 5.41) is 10.7. The third kappa shape index (κ3) is 5.46. The van der Waals surface area contributed by atoms with E-state index in [1.165, 1.54) is 6.92 Å². The summed E-state index contributed by atoms with van der Waals surface area (Å²) in [6.07, 6.45) is -10.2. The van der Waals surface area contributed by atoms with Crippen LogP contribution in [0.4, 0.5) is 83.4 Å². The van der Waals surface area contributed by atoms with Crippen molar-refractivity contribution in [3.8, 4) is 0 Å². The third-order valence-electron chi connectivity index (χ3n) is 5.08. The molecular formula is C15H17F19N2Si. The van der Waals surface area contributed by atoms with Gasteiger partial charge in [-0.25, -0.2) is 0 Å². The number of halogens is 19. The number of rotatable bonds is 13. The molecule has 0 aliphatic heterocycles. The van der Waals surface area contributed by atoms with E-state index in [0.717, 1.165) is 0 Å². The van der Waals surface area contributed by atoms with E-state index in [4.69, 9.17) is 10.8 Å². The lowest BCUT2D eigenvalue weighted by atomic mass is 9.87. The fraction of sp³-hybridized carbons (Fsp3) is 1.00. The van der Waals surface area contributed by atoms with E-state index in [9.17, 15) is 83.4 Å². The van der Waals surface area contributed by atoms with Crippen molar-refractivity contribution in [1.82, 2.24) is 0 Å². The van der Waals surface area contributed by atoms with Gasteiger partial charge in [0.1, 0.15) is 0 Å². The highest BCUT2D eigenvalue weighted by molar-refractivity contribution is 6.73. The van der Waals surface area contributed by atoms with E-state index in [2.05, 4.69) is 0 Å². The van der Waals surface area contributed by atoms with Crippen LogP contribution in [0.25, 0.3) is 0 Å². The Morgan fingerprint density at radius 1 is 0.459 bits per heavy atom. The monoisotopic (exact) mass is 614 g/mol. The summed E-state index contributed by atoms with van der Waals surface area (Å²) in [6, 6.07) is -1.83. The summed E-state index contributed by atoms with van der Waals surface area (Å²) in [6.45, 7) is 1.49. The number of hydrogen-bond acceptors (Lipinski definition) is 2.